The molecule has 11 heavy (non-hydrogen) atoms. The lowest BCUT2D eigenvalue weighted by molar-refractivity contribution is 0.632. The highest BCUT2D eigenvalue weighted by atomic mass is 35.5. The highest BCUT2D eigenvalue weighted by molar-refractivity contribution is 6.30. The van der Waals surface area contributed by atoms with Crippen LogP contribution >= 0.6 is 11.6 Å². The fourth-order valence-electron chi connectivity index (χ4n) is 1.54. The lowest BCUT2D eigenvalue weighted by Crippen LogP contribution is -2.12. The van der Waals surface area contributed by atoms with Gasteiger partial charge in [-0.1, -0.05) is 11.6 Å². The molecule has 60 valence electrons. The summed E-state index contributed by atoms with van der Waals surface area (Å²) in [4.78, 5) is 3.15. The number of hydrogen-bond acceptors (Lipinski definition) is 1. The zero-order valence-electron chi connectivity index (χ0n) is 6.23. The van der Waals surface area contributed by atoms with Crippen LogP contribution in [0.15, 0.2) is 12.3 Å². The quantitative estimate of drug-likeness (QED) is 0.664. The van der Waals surface area contributed by atoms with Gasteiger partial charge in [-0.15, -0.1) is 0 Å². The van der Waals surface area contributed by atoms with Crippen molar-refractivity contribution >= 4 is 11.6 Å². The van der Waals surface area contributed by atoms with Crippen LogP contribution in [0.4, 0.5) is 0 Å². The van der Waals surface area contributed by atoms with Gasteiger partial charge in [-0.2, -0.15) is 0 Å². The summed E-state index contributed by atoms with van der Waals surface area (Å²) in [5.41, 5.74) is 1.22. The second kappa shape index (κ2) is 2.88. The molecular formula is C8H11ClN2. The third kappa shape index (κ3) is 1.42. The number of aromatic nitrogens is 1. The summed E-state index contributed by atoms with van der Waals surface area (Å²) >= 11 is 5.78. The number of rotatable bonds is 1. The summed E-state index contributed by atoms with van der Waals surface area (Å²) in [5, 5.41) is 4.20. The molecule has 0 unspecified atom stereocenters. The van der Waals surface area contributed by atoms with E-state index in [1.54, 1.807) is 0 Å². The van der Waals surface area contributed by atoms with Crippen LogP contribution < -0.4 is 5.32 Å². The molecule has 0 aliphatic carbocycles. The summed E-state index contributed by atoms with van der Waals surface area (Å²) in [5.74, 6) is 0. The predicted octanol–water partition coefficient (Wildman–Crippen LogP) is 2.09. The second-order valence-electron chi connectivity index (χ2n) is 2.92. The molecule has 0 spiro atoms. The van der Waals surface area contributed by atoms with E-state index in [1.165, 1.54) is 18.5 Å². The van der Waals surface area contributed by atoms with Crippen LogP contribution in [0.1, 0.15) is 24.6 Å². The van der Waals surface area contributed by atoms with Gasteiger partial charge in [0.05, 0.1) is 5.02 Å². The molecule has 0 saturated carbocycles. The van der Waals surface area contributed by atoms with Crippen molar-refractivity contribution in [2.24, 2.45) is 0 Å². The minimum atomic E-state index is 0.502. The Morgan fingerprint density at radius 2 is 2.45 bits per heavy atom. The lowest BCUT2D eigenvalue weighted by Gasteiger charge is -2.05. The third-order valence-electron chi connectivity index (χ3n) is 2.11. The zero-order valence-corrected chi connectivity index (χ0v) is 6.99. The molecule has 2 rings (SSSR count). The fraction of sp³-hybridized carbons (Fsp3) is 0.500. The van der Waals surface area contributed by atoms with Crippen LogP contribution in [0.25, 0.3) is 0 Å². The maximum absolute atomic E-state index is 5.78. The number of H-pyrrole nitrogens is 1. The Morgan fingerprint density at radius 1 is 1.55 bits per heavy atom. The predicted molar refractivity (Wildman–Crippen MR) is 45.8 cm³/mol. The molecule has 1 saturated heterocycles. The molecule has 2 N–H and O–H groups in total. The normalized spacial score (nSPS) is 24.3. The molecule has 2 nitrogen and oxygen atoms in total. The van der Waals surface area contributed by atoms with Crippen LogP contribution in [0.2, 0.25) is 5.02 Å². The standard InChI is InChI=1S/C8H11ClN2/c9-6-4-8(11-5-6)7-2-1-3-10-7/h4-5,7,10-11H,1-3H2/t7-/m1/s1. The first-order valence-corrected chi connectivity index (χ1v) is 4.31. The van der Waals surface area contributed by atoms with Crippen LogP contribution in [-0.2, 0) is 0 Å². The molecule has 2 heterocycles. The van der Waals surface area contributed by atoms with Crippen LogP contribution in [0, 0.1) is 0 Å². The van der Waals surface area contributed by atoms with E-state index in [0.29, 0.717) is 6.04 Å². The maximum atomic E-state index is 5.78. The van der Waals surface area contributed by atoms with Crippen molar-refractivity contribution in [3.8, 4) is 0 Å². The third-order valence-corrected chi connectivity index (χ3v) is 2.32. The monoisotopic (exact) mass is 170 g/mol. The first-order chi connectivity index (χ1) is 5.36. The van der Waals surface area contributed by atoms with E-state index in [4.69, 9.17) is 11.6 Å². The van der Waals surface area contributed by atoms with Crippen LogP contribution in [0.3, 0.4) is 0 Å². The Kier molecular flexibility index (Phi) is 1.88. The highest BCUT2D eigenvalue weighted by Crippen LogP contribution is 2.23. The van der Waals surface area contributed by atoms with E-state index < -0.39 is 0 Å². The molecule has 0 amide bonds. The van der Waals surface area contributed by atoms with E-state index in [9.17, 15) is 0 Å². The molecule has 0 bridgehead atoms. The van der Waals surface area contributed by atoms with Crippen molar-refractivity contribution < 1.29 is 0 Å². The number of halogens is 1. The van der Waals surface area contributed by atoms with Crippen LogP contribution in [-0.4, -0.2) is 11.5 Å². The van der Waals surface area contributed by atoms with Gasteiger partial charge < -0.3 is 10.3 Å². The molecule has 1 fully saturated rings. The minimum absolute atomic E-state index is 0.502. The van der Waals surface area contributed by atoms with Crippen molar-refractivity contribution in [3.63, 3.8) is 0 Å². The van der Waals surface area contributed by atoms with E-state index in [0.717, 1.165) is 11.6 Å². The zero-order chi connectivity index (χ0) is 7.68. The molecule has 1 aromatic heterocycles. The summed E-state index contributed by atoms with van der Waals surface area (Å²) < 4.78 is 0. The van der Waals surface area contributed by atoms with Gasteiger partial charge in [0.25, 0.3) is 0 Å². The van der Waals surface area contributed by atoms with Crippen molar-refractivity contribution in [3.05, 3.63) is 23.0 Å². The topological polar surface area (TPSA) is 27.8 Å². The molecule has 1 aliphatic heterocycles. The SMILES string of the molecule is Clc1c[nH]c([C@H]2CCCN2)c1. The molecule has 1 aromatic rings. The van der Waals surface area contributed by atoms with E-state index in [1.807, 2.05) is 12.3 Å². The van der Waals surface area contributed by atoms with Gasteiger partial charge in [-0.3, -0.25) is 0 Å². The van der Waals surface area contributed by atoms with Gasteiger partial charge in [-0.25, -0.2) is 0 Å². The smallest absolute Gasteiger partial charge is 0.0583 e. The summed E-state index contributed by atoms with van der Waals surface area (Å²) in [6, 6.07) is 2.49. The molecule has 1 aliphatic rings. The Morgan fingerprint density at radius 3 is 3.00 bits per heavy atom. The average Bonchev–Trinajstić information content (AvgIpc) is 2.55. The van der Waals surface area contributed by atoms with Gasteiger partial charge in [0, 0.05) is 17.9 Å². The summed E-state index contributed by atoms with van der Waals surface area (Å²) in [7, 11) is 0. The first kappa shape index (κ1) is 7.19. The Hall–Kier alpha value is -0.470. The molecular weight excluding hydrogens is 160 g/mol. The van der Waals surface area contributed by atoms with Crippen molar-refractivity contribution in [1.29, 1.82) is 0 Å². The fourth-order valence-corrected chi connectivity index (χ4v) is 1.71. The molecule has 0 aromatic carbocycles. The Labute approximate surface area is 70.9 Å². The minimum Gasteiger partial charge on any atom is -0.362 e. The van der Waals surface area contributed by atoms with Crippen molar-refractivity contribution in [2.75, 3.05) is 6.54 Å². The van der Waals surface area contributed by atoms with Gasteiger partial charge in [0.15, 0.2) is 0 Å². The molecule has 1 atom stereocenters. The number of hydrogen-bond donors (Lipinski definition) is 2. The van der Waals surface area contributed by atoms with E-state index in [-0.39, 0.29) is 0 Å². The van der Waals surface area contributed by atoms with E-state index >= 15 is 0 Å². The van der Waals surface area contributed by atoms with Crippen molar-refractivity contribution in [2.45, 2.75) is 18.9 Å². The van der Waals surface area contributed by atoms with Crippen molar-refractivity contribution in [1.82, 2.24) is 10.3 Å². The Balaban J connectivity index is 2.15. The molecule has 3 heteroatoms. The highest BCUT2D eigenvalue weighted by Gasteiger charge is 2.16. The van der Waals surface area contributed by atoms with Gasteiger partial charge in [-0.05, 0) is 25.5 Å². The average molecular weight is 171 g/mol. The van der Waals surface area contributed by atoms with E-state index in [2.05, 4.69) is 10.3 Å². The Bertz CT molecular complexity index is 238. The first-order valence-electron chi connectivity index (χ1n) is 3.93. The van der Waals surface area contributed by atoms with Gasteiger partial charge >= 0.3 is 0 Å². The number of nitrogens with one attached hydrogen (secondary N) is 2. The summed E-state index contributed by atoms with van der Waals surface area (Å²) in [6.45, 7) is 1.13. The van der Waals surface area contributed by atoms with Gasteiger partial charge in [0.1, 0.15) is 0 Å². The van der Waals surface area contributed by atoms with Crippen LogP contribution in [0.5, 0.6) is 0 Å². The number of aromatic amines is 1. The largest absolute Gasteiger partial charge is 0.362 e. The summed E-state index contributed by atoms with van der Waals surface area (Å²) in [6.07, 6.45) is 4.31. The lowest BCUT2D eigenvalue weighted by atomic mass is 10.2. The van der Waals surface area contributed by atoms with Gasteiger partial charge in [0.2, 0.25) is 0 Å². The molecule has 0 radical (unpaired) electrons. The maximum Gasteiger partial charge on any atom is 0.0583 e. The second-order valence-corrected chi connectivity index (χ2v) is 3.36.